The highest BCUT2D eigenvalue weighted by atomic mass is 16.7. The maximum atomic E-state index is 11.0. The van der Waals surface area contributed by atoms with E-state index in [1.54, 1.807) is 0 Å². The number of ether oxygens (including phenoxy) is 6. The van der Waals surface area contributed by atoms with Gasteiger partial charge in [-0.2, -0.15) is 0 Å². The van der Waals surface area contributed by atoms with Crippen LogP contribution in [0.1, 0.15) is 13.3 Å². The fourth-order valence-electron chi connectivity index (χ4n) is 5.06. The molecule has 16 nitrogen and oxygen atoms in total. The van der Waals surface area contributed by atoms with E-state index >= 15 is 0 Å². The predicted molar refractivity (Wildman–Crippen MR) is 120 cm³/mol. The minimum absolute atomic E-state index is 0.0203. The molecule has 16 atom stereocenters. The molecule has 1 spiro atoms. The summed E-state index contributed by atoms with van der Waals surface area (Å²) in [5.41, 5.74) is 3.99. The van der Waals surface area contributed by atoms with E-state index < -0.39 is 111 Å². The first-order valence-corrected chi connectivity index (χ1v) is 12.6. The molecule has 3 heterocycles. The van der Waals surface area contributed by atoms with E-state index in [1.807, 2.05) is 0 Å². The molecule has 16 heteroatoms. The van der Waals surface area contributed by atoms with Gasteiger partial charge >= 0.3 is 0 Å². The van der Waals surface area contributed by atoms with Crippen molar-refractivity contribution in [2.45, 2.75) is 105 Å². The Morgan fingerprint density at radius 3 is 2.05 bits per heavy atom. The lowest BCUT2D eigenvalue weighted by atomic mass is 9.92. The van der Waals surface area contributed by atoms with E-state index in [0.29, 0.717) is 0 Å². The van der Waals surface area contributed by atoms with Crippen LogP contribution in [0.5, 0.6) is 0 Å². The number of aliphatic hydroxyl groups is 9. The molecule has 0 amide bonds. The molecule has 0 bridgehead atoms. The Labute approximate surface area is 218 Å². The lowest BCUT2D eigenvalue weighted by Gasteiger charge is -2.47. The number of hydrogen-bond donors (Lipinski definition) is 10. The lowest BCUT2D eigenvalue weighted by molar-refractivity contribution is -0.361. The summed E-state index contributed by atoms with van der Waals surface area (Å²) in [6.45, 7) is 0.467. The molecule has 11 N–H and O–H groups in total. The first kappa shape index (κ1) is 30.3. The number of aliphatic hydroxyl groups excluding tert-OH is 9. The van der Waals surface area contributed by atoms with Crippen molar-refractivity contribution in [3.63, 3.8) is 0 Å². The van der Waals surface area contributed by atoms with Crippen LogP contribution in [-0.4, -0.2) is 164 Å². The summed E-state index contributed by atoms with van der Waals surface area (Å²) in [5, 5.41) is 92.4. The molecule has 3 saturated heterocycles. The minimum Gasteiger partial charge on any atom is -0.394 e. The molecule has 0 radical (unpaired) electrons. The minimum atomic E-state index is -1.69. The molecule has 1 saturated carbocycles. The second-order valence-electron chi connectivity index (χ2n) is 10.3. The molecule has 0 aromatic rings. The second-order valence-corrected chi connectivity index (χ2v) is 10.3. The van der Waals surface area contributed by atoms with Gasteiger partial charge in [-0.15, -0.1) is 0 Å². The quantitative estimate of drug-likeness (QED) is 0.126. The zero-order valence-corrected chi connectivity index (χ0v) is 20.7. The van der Waals surface area contributed by atoms with Gasteiger partial charge in [0.1, 0.15) is 60.5 Å². The van der Waals surface area contributed by atoms with E-state index in [-0.39, 0.29) is 19.6 Å². The Bertz CT molecular complexity index is 779. The lowest BCUT2D eigenvalue weighted by Crippen LogP contribution is -2.64. The van der Waals surface area contributed by atoms with Gasteiger partial charge < -0.3 is 80.1 Å². The van der Waals surface area contributed by atoms with Crippen molar-refractivity contribution >= 4 is 0 Å². The van der Waals surface area contributed by atoms with Crippen LogP contribution < -0.4 is 5.73 Å². The average molecular weight is 558 g/mol. The third-order valence-electron chi connectivity index (χ3n) is 7.65. The van der Waals surface area contributed by atoms with Gasteiger partial charge in [-0.3, -0.25) is 0 Å². The normalized spacial score (nSPS) is 53.3. The maximum Gasteiger partial charge on any atom is 0.187 e. The first-order valence-electron chi connectivity index (χ1n) is 12.6. The summed E-state index contributed by atoms with van der Waals surface area (Å²) in [4.78, 5) is 0. The monoisotopic (exact) mass is 557 g/mol. The zero-order chi connectivity index (χ0) is 27.9. The van der Waals surface area contributed by atoms with Gasteiger partial charge in [0.05, 0.1) is 32.0 Å². The first-order chi connectivity index (χ1) is 18.0. The van der Waals surface area contributed by atoms with Crippen molar-refractivity contribution < 1.29 is 74.4 Å². The molecular formula is C22H39NO15. The summed E-state index contributed by atoms with van der Waals surface area (Å²) < 4.78 is 33.6. The molecule has 4 fully saturated rings. The highest BCUT2D eigenvalue weighted by molar-refractivity contribution is 5.16. The Hall–Kier alpha value is -0.640. The molecule has 0 aromatic carbocycles. The van der Waals surface area contributed by atoms with Crippen molar-refractivity contribution in [3.8, 4) is 0 Å². The number of nitrogens with two attached hydrogens (primary N) is 1. The van der Waals surface area contributed by atoms with Crippen LogP contribution in [0.4, 0.5) is 0 Å². The van der Waals surface area contributed by atoms with Gasteiger partial charge in [-0.05, 0) is 0 Å². The van der Waals surface area contributed by atoms with Crippen molar-refractivity contribution in [1.82, 2.24) is 0 Å². The largest absolute Gasteiger partial charge is 0.394 e. The summed E-state index contributed by atoms with van der Waals surface area (Å²) in [6.07, 6.45) is -19.8. The molecule has 38 heavy (non-hydrogen) atoms. The summed E-state index contributed by atoms with van der Waals surface area (Å²) in [6, 6.07) is 0. The van der Waals surface area contributed by atoms with Crippen LogP contribution in [0.25, 0.3) is 0 Å². The predicted octanol–water partition coefficient (Wildman–Crippen LogP) is -6.17. The van der Waals surface area contributed by atoms with E-state index in [4.69, 9.17) is 34.2 Å². The van der Waals surface area contributed by atoms with E-state index in [9.17, 15) is 46.0 Å². The molecule has 4 aliphatic rings. The zero-order valence-electron chi connectivity index (χ0n) is 20.7. The van der Waals surface area contributed by atoms with Crippen LogP contribution in [0.15, 0.2) is 0 Å². The highest BCUT2D eigenvalue weighted by Gasteiger charge is 2.67. The Morgan fingerprint density at radius 2 is 1.45 bits per heavy atom. The molecule has 0 aromatic heterocycles. The summed E-state index contributed by atoms with van der Waals surface area (Å²) in [7, 11) is 0. The van der Waals surface area contributed by atoms with Gasteiger partial charge in [0.2, 0.25) is 0 Å². The van der Waals surface area contributed by atoms with Crippen molar-refractivity contribution in [2.24, 2.45) is 11.7 Å². The van der Waals surface area contributed by atoms with Gasteiger partial charge in [-0.25, -0.2) is 0 Å². The highest BCUT2D eigenvalue weighted by Crippen LogP contribution is 2.48. The third-order valence-corrected chi connectivity index (χ3v) is 7.65. The van der Waals surface area contributed by atoms with Gasteiger partial charge in [0.15, 0.2) is 18.9 Å². The van der Waals surface area contributed by atoms with Crippen LogP contribution >= 0.6 is 0 Å². The van der Waals surface area contributed by atoms with Gasteiger partial charge in [0.25, 0.3) is 0 Å². The van der Waals surface area contributed by atoms with Crippen molar-refractivity contribution in [2.75, 3.05) is 26.4 Å². The molecule has 222 valence electrons. The summed E-state index contributed by atoms with van der Waals surface area (Å²) in [5.74, 6) is -0.826. The topological polar surface area (TPSA) is 263 Å². The summed E-state index contributed by atoms with van der Waals surface area (Å²) >= 11 is 0. The average Bonchev–Trinajstić information content (AvgIpc) is 3.56. The molecule has 2 unspecified atom stereocenters. The second kappa shape index (κ2) is 12.1. The van der Waals surface area contributed by atoms with Crippen molar-refractivity contribution in [1.29, 1.82) is 0 Å². The fourth-order valence-corrected chi connectivity index (χ4v) is 5.06. The Balaban J connectivity index is 1.46. The van der Waals surface area contributed by atoms with Crippen LogP contribution in [-0.2, 0) is 28.4 Å². The van der Waals surface area contributed by atoms with Gasteiger partial charge in [-0.1, -0.05) is 6.92 Å². The molecule has 3 aliphatic heterocycles. The molecule has 4 rings (SSSR count). The number of rotatable bonds is 9. The van der Waals surface area contributed by atoms with Crippen LogP contribution in [0.2, 0.25) is 0 Å². The van der Waals surface area contributed by atoms with E-state index in [1.165, 1.54) is 6.92 Å². The fraction of sp³-hybridized carbons (Fsp3) is 1.00. The van der Waals surface area contributed by atoms with Crippen molar-refractivity contribution in [3.05, 3.63) is 0 Å². The van der Waals surface area contributed by atoms with E-state index in [0.717, 1.165) is 0 Å². The molecular weight excluding hydrogens is 518 g/mol. The van der Waals surface area contributed by atoms with Gasteiger partial charge in [0, 0.05) is 18.9 Å². The SMILES string of the molecule is C[C@@H]1[C@@H](O[C@@H]2[C@H](O)[C@@H](OCCN)O[C@H](CO[C@H]3OC4(CC4O)[C@@H](O)[C@H](O)[C@@H]3O)[C@H]2O)O[C@H](CO)[C@@H](O)[C@@H]1O. The van der Waals surface area contributed by atoms with E-state index in [2.05, 4.69) is 0 Å². The smallest absolute Gasteiger partial charge is 0.187 e. The third kappa shape index (κ3) is 5.60. The Kier molecular flexibility index (Phi) is 9.63. The Morgan fingerprint density at radius 1 is 0.789 bits per heavy atom. The maximum absolute atomic E-state index is 11.0. The standard InChI is InChI=1S/C22H39NO15/c1-7-11(26)12(27)8(5-24)35-19(7)37-17-13(28)9(36-20(16(17)31)33-3-2-23)6-34-21-15(30)14(29)18(32)22(38-21)4-10(22)25/h7-21,24-32H,2-6,23H2,1H3/t7-,8+,9+,10?,11+,12+,13+,14+,15-,16-,17-,18-,19+,20-,21-,22?/m0/s1. The number of hydrogen-bond acceptors (Lipinski definition) is 16. The molecule has 1 aliphatic carbocycles. The van der Waals surface area contributed by atoms with Crippen LogP contribution in [0, 0.1) is 5.92 Å². The van der Waals surface area contributed by atoms with Crippen LogP contribution in [0.3, 0.4) is 0 Å².